The van der Waals surface area contributed by atoms with Crippen LogP contribution in [0, 0.1) is 0 Å². The van der Waals surface area contributed by atoms with Crippen molar-refractivity contribution in [3.8, 4) is 5.75 Å². The first-order valence-electron chi connectivity index (χ1n) is 7.10. The monoisotopic (exact) mass is 332 g/mol. The summed E-state index contributed by atoms with van der Waals surface area (Å²) in [6.45, 7) is 1.57. The fourth-order valence-electron chi connectivity index (χ4n) is 1.84. The van der Waals surface area contributed by atoms with E-state index in [2.05, 4.69) is 10.9 Å². The molecule has 2 aromatic rings. The van der Waals surface area contributed by atoms with Crippen molar-refractivity contribution in [2.24, 2.45) is 0 Å². The molecule has 1 atom stereocenters. The largest absolute Gasteiger partial charge is 0.479 e. The fourth-order valence-corrected chi connectivity index (χ4v) is 2.02. The molecule has 0 aliphatic carbocycles. The van der Waals surface area contributed by atoms with Crippen molar-refractivity contribution in [3.05, 3.63) is 65.2 Å². The molecule has 0 aliphatic heterocycles. The summed E-state index contributed by atoms with van der Waals surface area (Å²) in [6, 6.07) is 16.1. The minimum Gasteiger partial charge on any atom is -0.479 e. The number of rotatable bonds is 5. The van der Waals surface area contributed by atoms with Crippen LogP contribution in [0.5, 0.6) is 5.75 Å². The summed E-state index contributed by atoms with van der Waals surface area (Å²) in [4.78, 5) is 23.7. The highest BCUT2D eigenvalue weighted by Crippen LogP contribution is 2.24. The van der Waals surface area contributed by atoms with Crippen LogP contribution in [0.25, 0.3) is 0 Å². The van der Waals surface area contributed by atoms with E-state index in [1.165, 1.54) is 0 Å². The van der Waals surface area contributed by atoms with Crippen LogP contribution in [0.15, 0.2) is 54.6 Å². The molecule has 2 amide bonds. The second-order valence-corrected chi connectivity index (χ2v) is 5.30. The normalized spacial score (nSPS) is 11.4. The number of benzene rings is 2. The minimum absolute atomic E-state index is 0.181. The van der Waals surface area contributed by atoms with Gasteiger partial charge in [0.1, 0.15) is 5.75 Å². The van der Waals surface area contributed by atoms with Gasteiger partial charge in [-0.3, -0.25) is 20.4 Å². The molecule has 0 saturated carbocycles. The number of carbonyl (C=O) groups is 2. The highest BCUT2D eigenvalue weighted by atomic mass is 35.5. The van der Waals surface area contributed by atoms with Gasteiger partial charge in [-0.2, -0.15) is 0 Å². The molecule has 2 rings (SSSR count). The Balaban J connectivity index is 1.80. The Bertz CT molecular complexity index is 677. The van der Waals surface area contributed by atoms with Crippen LogP contribution in [0.4, 0.5) is 0 Å². The second kappa shape index (κ2) is 8.19. The lowest BCUT2D eigenvalue weighted by molar-refractivity contribution is -0.132. The lowest BCUT2D eigenvalue weighted by Gasteiger charge is -2.15. The van der Waals surface area contributed by atoms with E-state index >= 15 is 0 Å². The molecular formula is C17H17ClN2O3. The summed E-state index contributed by atoms with van der Waals surface area (Å²) in [6.07, 6.45) is -0.618. The zero-order chi connectivity index (χ0) is 16.7. The highest BCUT2D eigenvalue weighted by molar-refractivity contribution is 6.32. The van der Waals surface area contributed by atoms with Gasteiger partial charge < -0.3 is 4.74 Å². The average molecular weight is 333 g/mol. The van der Waals surface area contributed by atoms with E-state index in [4.69, 9.17) is 16.3 Å². The Morgan fingerprint density at radius 3 is 2.39 bits per heavy atom. The molecule has 5 nitrogen and oxygen atoms in total. The molecule has 0 fully saturated rings. The van der Waals surface area contributed by atoms with E-state index in [-0.39, 0.29) is 12.3 Å². The average Bonchev–Trinajstić information content (AvgIpc) is 2.55. The van der Waals surface area contributed by atoms with Crippen LogP contribution in [0.2, 0.25) is 5.02 Å². The van der Waals surface area contributed by atoms with Gasteiger partial charge in [-0.1, -0.05) is 54.1 Å². The van der Waals surface area contributed by atoms with Crippen LogP contribution in [0.3, 0.4) is 0 Å². The molecule has 0 heterocycles. The Morgan fingerprint density at radius 2 is 1.70 bits per heavy atom. The Kier molecular flexibility index (Phi) is 6.00. The summed E-state index contributed by atoms with van der Waals surface area (Å²) in [5.74, 6) is -0.367. The summed E-state index contributed by atoms with van der Waals surface area (Å²) in [7, 11) is 0. The number of amides is 2. The fraction of sp³-hybridized carbons (Fsp3) is 0.176. The zero-order valence-electron chi connectivity index (χ0n) is 12.6. The second-order valence-electron chi connectivity index (χ2n) is 4.89. The van der Waals surface area contributed by atoms with Crippen LogP contribution in [-0.4, -0.2) is 17.9 Å². The molecule has 1 unspecified atom stereocenters. The Labute approximate surface area is 139 Å². The number of ether oxygens (including phenoxy) is 1. The van der Waals surface area contributed by atoms with E-state index in [9.17, 15) is 9.59 Å². The van der Waals surface area contributed by atoms with Crippen molar-refractivity contribution in [2.45, 2.75) is 19.4 Å². The highest BCUT2D eigenvalue weighted by Gasteiger charge is 2.16. The van der Waals surface area contributed by atoms with Crippen LogP contribution < -0.4 is 15.6 Å². The lowest BCUT2D eigenvalue weighted by atomic mass is 10.1. The van der Waals surface area contributed by atoms with E-state index in [1.54, 1.807) is 31.2 Å². The molecule has 2 N–H and O–H groups in total. The molecule has 23 heavy (non-hydrogen) atoms. The van der Waals surface area contributed by atoms with Crippen molar-refractivity contribution < 1.29 is 14.3 Å². The molecule has 0 aromatic heterocycles. The van der Waals surface area contributed by atoms with Crippen molar-refractivity contribution in [1.29, 1.82) is 0 Å². The summed E-state index contributed by atoms with van der Waals surface area (Å²) >= 11 is 5.96. The van der Waals surface area contributed by atoms with E-state index in [0.29, 0.717) is 10.8 Å². The van der Waals surface area contributed by atoms with Gasteiger partial charge in [0.25, 0.3) is 5.91 Å². The molecule has 2 aromatic carbocycles. The third-order valence-corrected chi connectivity index (χ3v) is 3.35. The van der Waals surface area contributed by atoms with Gasteiger partial charge in [-0.15, -0.1) is 0 Å². The van der Waals surface area contributed by atoms with E-state index < -0.39 is 12.0 Å². The van der Waals surface area contributed by atoms with E-state index in [1.807, 2.05) is 30.3 Å². The number of nitrogens with one attached hydrogen (secondary N) is 2. The molecule has 120 valence electrons. The van der Waals surface area contributed by atoms with Crippen LogP contribution >= 0.6 is 11.6 Å². The molecule has 0 bridgehead atoms. The van der Waals surface area contributed by atoms with Gasteiger partial charge in [0, 0.05) is 0 Å². The Hall–Kier alpha value is -2.53. The molecule has 0 saturated heterocycles. The molecule has 0 radical (unpaired) electrons. The predicted molar refractivity (Wildman–Crippen MR) is 88.0 cm³/mol. The Morgan fingerprint density at radius 1 is 1.04 bits per heavy atom. The summed E-state index contributed by atoms with van der Waals surface area (Å²) in [5, 5.41) is 0.417. The number of hydrogen-bond donors (Lipinski definition) is 2. The predicted octanol–water partition coefficient (Wildman–Crippen LogP) is 2.50. The van der Waals surface area contributed by atoms with Gasteiger partial charge in [0.15, 0.2) is 6.10 Å². The molecule has 0 spiro atoms. The topological polar surface area (TPSA) is 67.4 Å². The third kappa shape index (κ3) is 5.30. The standard InChI is InChI=1S/C17H17ClN2O3/c1-12(23-15-10-6-5-9-14(15)18)17(22)20-19-16(21)11-13-7-3-2-4-8-13/h2-10,12H,11H2,1H3,(H,19,21)(H,20,22). The first kappa shape index (κ1) is 16.8. The lowest BCUT2D eigenvalue weighted by Crippen LogP contribution is -2.47. The molecule has 6 heteroatoms. The number of carbonyl (C=O) groups excluding carboxylic acids is 2. The number of hydrogen-bond acceptors (Lipinski definition) is 3. The maximum Gasteiger partial charge on any atom is 0.279 e. The van der Waals surface area contributed by atoms with Gasteiger partial charge in [0.05, 0.1) is 11.4 Å². The van der Waals surface area contributed by atoms with Crippen molar-refractivity contribution >= 4 is 23.4 Å². The van der Waals surface area contributed by atoms with Gasteiger partial charge in [-0.25, -0.2) is 0 Å². The van der Waals surface area contributed by atoms with Crippen LogP contribution in [0.1, 0.15) is 12.5 Å². The quantitative estimate of drug-likeness (QED) is 0.827. The minimum atomic E-state index is -0.799. The number of para-hydroxylation sites is 1. The smallest absolute Gasteiger partial charge is 0.279 e. The molecule has 0 aliphatic rings. The third-order valence-electron chi connectivity index (χ3n) is 3.04. The zero-order valence-corrected chi connectivity index (χ0v) is 13.3. The SMILES string of the molecule is CC(Oc1ccccc1Cl)C(=O)NNC(=O)Cc1ccccc1. The summed E-state index contributed by atoms with van der Waals surface area (Å²) < 4.78 is 5.46. The first-order valence-corrected chi connectivity index (χ1v) is 7.48. The molecular weight excluding hydrogens is 316 g/mol. The number of hydrazine groups is 1. The van der Waals surface area contributed by atoms with Gasteiger partial charge >= 0.3 is 0 Å². The van der Waals surface area contributed by atoms with Crippen molar-refractivity contribution in [2.75, 3.05) is 0 Å². The summed E-state index contributed by atoms with van der Waals surface area (Å²) in [5.41, 5.74) is 5.56. The van der Waals surface area contributed by atoms with Gasteiger partial charge in [0.2, 0.25) is 5.91 Å². The van der Waals surface area contributed by atoms with Crippen molar-refractivity contribution in [1.82, 2.24) is 10.9 Å². The van der Waals surface area contributed by atoms with Gasteiger partial charge in [-0.05, 0) is 24.6 Å². The first-order chi connectivity index (χ1) is 11.1. The van der Waals surface area contributed by atoms with Crippen molar-refractivity contribution in [3.63, 3.8) is 0 Å². The number of halogens is 1. The van der Waals surface area contributed by atoms with E-state index in [0.717, 1.165) is 5.56 Å². The maximum absolute atomic E-state index is 11.9. The maximum atomic E-state index is 11.9. The van der Waals surface area contributed by atoms with Crippen LogP contribution in [-0.2, 0) is 16.0 Å².